The Kier molecular flexibility index (Phi) is 6.97. The number of aliphatic hydroxyl groups is 1. The van der Waals surface area contributed by atoms with Crippen LogP contribution in [-0.2, 0) is 14.4 Å². The van der Waals surface area contributed by atoms with Crippen molar-refractivity contribution in [2.75, 3.05) is 32.7 Å². The second-order valence-corrected chi connectivity index (χ2v) is 11.3. The zero-order valence-corrected chi connectivity index (χ0v) is 22.0. The number of hydrogen-bond donors (Lipinski definition) is 3. The molecule has 0 aromatic carbocycles. The second-order valence-electron chi connectivity index (χ2n) is 11.3. The van der Waals surface area contributed by atoms with Crippen molar-refractivity contribution in [3.8, 4) is 0 Å². The van der Waals surface area contributed by atoms with Crippen molar-refractivity contribution in [2.24, 2.45) is 5.92 Å². The van der Waals surface area contributed by atoms with Crippen LogP contribution >= 0.6 is 0 Å². The van der Waals surface area contributed by atoms with E-state index in [1.165, 1.54) is 16.0 Å². The highest BCUT2D eigenvalue weighted by atomic mass is 19.3. The van der Waals surface area contributed by atoms with Gasteiger partial charge in [-0.3, -0.25) is 24.2 Å². The number of aliphatic hydroxyl groups excluding tert-OH is 1. The molecular formula is C26H36F2N6O4. The molecule has 5 rings (SSSR count). The minimum Gasteiger partial charge on any atom is -0.493 e. The van der Waals surface area contributed by atoms with Gasteiger partial charge in [0.05, 0.1) is 6.04 Å². The Labute approximate surface area is 220 Å². The van der Waals surface area contributed by atoms with Gasteiger partial charge in [0.15, 0.2) is 5.57 Å². The average molecular weight is 535 g/mol. The van der Waals surface area contributed by atoms with Crippen LogP contribution in [-0.4, -0.2) is 99.3 Å². The summed E-state index contributed by atoms with van der Waals surface area (Å²) in [6.07, 6.45) is 4.57. The van der Waals surface area contributed by atoms with Gasteiger partial charge in [-0.1, -0.05) is 13.8 Å². The quantitative estimate of drug-likeness (QED) is 0.335. The smallest absolute Gasteiger partial charge is 0.270 e. The number of piperazine rings is 1. The summed E-state index contributed by atoms with van der Waals surface area (Å²) < 4.78 is 26.5. The molecule has 2 aliphatic carbocycles. The normalized spacial score (nSPS) is 26.5. The van der Waals surface area contributed by atoms with Gasteiger partial charge in [-0.05, 0) is 31.8 Å². The molecule has 3 heterocycles. The number of carbonyl (C=O) groups excluding carboxylic acids is 3. The number of fused-ring (bicyclic) bond motifs is 1. The molecule has 38 heavy (non-hydrogen) atoms. The van der Waals surface area contributed by atoms with E-state index in [-0.39, 0.29) is 48.4 Å². The largest absolute Gasteiger partial charge is 0.493 e. The van der Waals surface area contributed by atoms with Crippen LogP contribution in [0.1, 0.15) is 46.5 Å². The van der Waals surface area contributed by atoms with Gasteiger partial charge < -0.3 is 15.3 Å². The second kappa shape index (κ2) is 9.96. The summed E-state index contributed by atoms with van der Waals surface area (Å²) in [6.45, 7) is 8.10. The first-order valence-corrected chi connectivity index (χ1v) is 13.4. The average Bonchev–Trinajstić information content (AvgIpc) is 3.59. The number of alkyl halides is 2. The number of carbonyl (C=O) groups is 3. The number of nitrogens with zero attached hydrogens (tertiary/aromatic N) is 4. The third-order valence-corrected chi connectivity index (χ3v) is 7.71. The highest BCUT2D eigenvalue weighted by Gasteiger charge is 2.48. The van der Waals surface area contributed by atoms with Gasteiger partial charge in [0.2, 0.25) is 11.8 Å². The molecule has 0 radical (unpaired) electrons. The Balaban J connectivity index is 1.33. The lowest BCUT2D eigenvalue weighted by Crippen LogP contribution is -2.57. The Morgan fingerprint density at radius 2 is 1.84 bits per heavy atom. The fourth-order valence-electron chi connectivity index (χ4n) is 5.42. The molecule has 0 spiro atoms. The molecule has 0 bridgehead atoms. The summed E-state index contributed by atoms with van der Waals surface area (Å²) in [5.74, 6) is -3.92. The van der Waals surface area contributed by atoms with Crippen LogP contribution in [0.15, 0.2) is 35.0 Å². The molecule has 12 heteroatoms. The maximum atomic E-state index is 13.5. The number of hydrazine groups is 1. The minimum atomic E-state index is -2.56. The van der Waals surface area contributed by atoms with Crippen LogP contribution in [0.3, 0.4) is 0 Å². The van der Waals surface area contributed by atoms with Crippen molar-refractivity contribution in [1.82, 2.24) is 30.5 Å². The van der Waals surface area contributed by atoms with E-state index in [1.807, 2.05) is 25.7 Å². The van der Waals surface area contributed by atoms with Crippen LogP contribution in [0.2, 0.25) is 0 Å². The van der Waals surface area contributed by atoms with Crippen LogP contribution in [0.25, 0.3) is 0 Å². The Morgan fingerprint density at radius 1 is 1.18 bits per heavy atom. The topological polar surface area (TPSA) is 108 Å². The van der Waals surface area contributed by atoms with Gasteiger partial charge in [0, 0.05) is 69.3 Å². The van der Waals surface area contributed by atoms with Gasteiger partial charge in [-0.2, -0.15) is 0 Å². The Bertz CT molecular complexity index is 1100. The molecule has 1 atom stereocenters. The summed E-state index contributed by atoms with van der Waals surface area (Å²) in [5.41, 5.74) is 3.44. The zero-order chi connectivity index (χ0) is 27.4. The first-order chi connectivity index (χ1) is 17.9. The molecule has 10 nitrogen and oxygen atoms in total. The molecule has 208 valence electrons. The molecule has 0 aromatic heterocycles. The lowest BCUT2D eigenvalue weighted by atomic mass is 9.86. The molecule has 3 amide bonds. The molecule has 2 saturated carbocycles. The van der Waals surface area contributed by atoms with Crippen molar-refractivity contribution >= 4 is 17.7 Å². The van der Waals surface area contributed by atoms with E-state index in [1.54, 1.807) is 11.0 Å². The maximum Gasteiger partial charge on any atom is 0.270 e. The summed E-state index contributed by atoms with van der Waals surface area (Å²) >= 11 is 0. The molecule has 3 N–H and O–H groups in total. The number of halogens is 2. The van der Waals surface area contributed by atoms with E-state index < -0.39 is 23.6 Å². The predicted molar refractivity (Wildman–Crippen MR) is 134 cm³/mol. The fraction of sp³-hybridized carbons (Fsp3) is 0.654. The monoisotopic (exact) mass is 534 g/mol. The standard InChI is InChI=1S/C26H36F2N6O4/c1-15(2)14-33-23-19(6-7-20(35)32-10-8-31(9-11-32)18-12-26(27,28)13-18)16(3)30-34(23)25(38)21(24(33)37)22(36)29-17-4-5-17/h6-7,15-18,30,38H,4-5,8-14H2,1-3H3,(H,29,36)/b7-6+. The lowest BCUT2D eigenvalue weighted by molar-refractivity contribution is -0.139. The van der Waals surface area contributed by atoms with E-state index in [4.69, 9.17) is 0 Å². The molecule has 1 unspecified atom stereocenters. The Hall–Kier alpha value is -2.99. The van der Waals surface area contributed by atoms with E-state index in [2.05, 4.69) is 10.7 Å². The van der Waals surface area contributed by atoms with Crippen molar-refractivity contribution in [2.45, 2.75) is 70.5 Å². The van der Waals surface area contributed by atoms with Crippen molar-refractivity contribution in [1.29, 1.82) is 0 Å². The molecule has 3 aliphatic heterocycles. The molecule has 1 saturated heterocycles. The van der Waals surface area contributed by atoms with Gasteiger partial charge in [-0.25, -0.2) is 19.2 Å². The summed E-state index contributed by atoms with van der Waals surface area (Å²) in [5, 5.41) is 15.1. The van der Waals surface area contributed by atoms with Gasteiger partial charge in [-0.15, -0.1) is 0 Å². The summed E-state index contributed by atoms with van der Waals surface area (Å²) in [6, 6.07) is -0.437. The SMILES string of the molecule is CC(C)CN1C(=O)C(C(=O)NC2CC2)=C(O)N2NC(C)C(/C=C/C(=O)N3CCN(C4CC(F)(F)C4)CC3)=C12. The van der Waals surface area contributed by atoms with Crippen molar-refractivity contribution in [3.05, 3.63) is 35.0 Å². The van der Waals surface area contributed by atoms with Gasteiger partial charge >= 0.3 is 0 Å². The number of nitrogens with one attached hydrogen (secondary N) is 2. The number of rotatable bonds is 7. The number of hydrogen-bond acceptors (Lipinski definition) is 7. The molecule has 3 fully saturated rings. The third-order valence-electron chi connectivity index (χ3n) is 7.71. The van der Waals surface area contributed by atoms with Gasteiger partial charge in [0.1, 0.15) is 5.82 Å². The van der Waals surface area contributed by atoms with E-state index in [9.17, 15) is 28.3 Å². The van der Waals surface area contributed by atoms with E-state index >= 15 is 0 Å². The number of amides is 3. The predicted octanol–water partition coefficient (Wildman–Crippen LogP) is 1.45. The lowest BCUT2D eigenvalue weighted by Gasteiger charge is -2.46. The highest BCUT2D eigenvalue weighted by Crippen LogP contribution is 2.40. The summed E-state index contributed by atoms with van der Waals surface area (Å²) in [4.78, 5) is 44.4. The first kappa shape index (κ1) is 26.6. The van der Waals surface area contributed by atoms with Crippen molar-refractivity contribution < 1.29 is 28.3 Å². The third kappa shape index (κ3) is 5.15. The van der Waals surface area contributed by atoms with Crippen LogP contribution < -0.4 is 10.7 Å². The van der Waals surface area contributed by atoms with E-state index in [0.717, 1.165) is 12.8 Å². The first-order valence-electron chi connectivity index (χ1n) is 13.4. The van der Waals surface area contributed by atoms with Crippen LogP contribution in [0.5, 0.6) is 0 Å². The zero-order valence-electron chi connectivity index (χ0n) is 22.0. The summed E-state index contributed by atoms with van der Waals surface area (Å²) in [7, 11) is 0. The van der Waals surface area contributed by atoms with E-state index in [0.29, 0.717) is 44.1 Å². The minimum absolute atomic E-state index is 0.0255. The highest BCUT2D eigenvalue weighted by molar-refractivity contribution is 6.19. The molecular weight excluding hydrogens is 498 g/mol. The molecule has 5 aliphatic rings. The fourth-order valence-corrected chi connectivity index (χ4v) is 5.42. The van der Waals surface area contributed by atoms with Crippen LogP contribution in [0, 0.1) is 5.92 Å². The maximum absolute atomic E-state index is 13.5. The van der Waals surface area contributed by atoms with Gasteiger partial charge in [0.25, 0.3) is 17.7 Å². The Morgan fingerprint density at radius 3 is 2.42 bits per heavy atom. The molecule has 0 aromatic rings. The van der Waals surface area contributed by atoms with Crippen molar-refractivity contribution in [3.63, 3.8) is 0 Å². The van der Waals surface area contributed by atoms with Crippen LogP contribution in [0.4, 0.5) is 8.78 Å².